The number of anilines is 1. The first-order valence-corrected chi connectivity index (χ1v) is 6.47. The Morgan fingerprint density at radius 3 is 2.76 bits per heavy atom. The summed E-state index contributed by atoms with van der Waals surface area (Å²) in [6.45, 7) is 3.88. The number of hydroxylamine groups is 1. The van der Waals surface area contributed by atoms with E-state index in [-0.39, 0.29) is 0 Å². The van der Waals surface area contributed by atoms with Gasteiger partial charge in [0.15, 0.2) is 0 Å². The van der Waals surface area contributed by atoms with Crippen LogP contribution in [-0.4, -0.2) is 18.2 Å². The van der Waals surface area contributed by atoms with Gasteiger partial charge in [-0.1, -0.05) is 12.2 Å². The zero-order valence-electron chi connectivity index (χ0n) is 12.4. The first-order valence-electron chi connectivity index (χ1n) is 6.47. The van der Waals surface area contributed by atoms with Gasteiger partial charge in [0.25, 0.3) is 5.91 Å². The average Bonchev–Trinajstić information content (AvgIpc) is 2.51. The molecule has 0 saturated heterocycles. The Labute approximate surface area is 124 Å². The molecule has 0 atom stereocenters. The quantitative estimate of drug-likeness (QED) is 0.325. The lowest BCUT2D eigenvalue weighted by molar-refractivity contribution is -0.124. The maximum atomic E-state index is 11.1. The molecule has 112 valence electrons. The maximum Gasteiger partial charge on any atom is 0.267 e. The van der Waals surface area contributed by atoms with Crippen LogP contribution in [-0.2, 0) is 4.79 Å². The van der Waals surface area contributed by atoms with Crippen LogP contribution in [0.2, 0.25) is 0 Å². The number of allylic oxidation sites excluding steroid dienone is 4. The van der Waals surface area contributed by atoms with Crippen LogP contribution in [0.1, 0.15) is 19.4 Å². The van der Waals surface area contributed by atoms with E-state index < -0.39 is 5.91 Å². The Morgan fingerprint density at radius 2 is 2.14 bits per heavy atom. The van der Waals surface area contributed by atoms with Crippen LogP contribution in [0.4, 0.5) is 5.69 Å². The number of benzene rings is 1. The van der Waals surface area contributed by atoms with E-state index >= 15 is 0 Å². The molecular weight excluding hydrogens is 268 g/mol. The van der Waals surface area contributed by atoms with E-state index in [9.17, 15) is 4.79 Å². The van der Waals surface area contributed by atoms with Crippen molar-refractivity contribution in [3.05, 3.63) is 53.8 Å². The molecule has 1 amide bonds. The number of amides is 1. The van der Waals surface area contributed by atoms with Gasteiger partial charge in [-0.05, 0) is 43.7 Å². The Kier molecular flexibility index (Phi) is 6.77. The molecule has 0 radical (unpaired) electrons. The number of ether oxygens (including phenoxy) is 1. The second-order valence-corrected chi connectivity index (χ2v) is 4.26. The summed E-state index contributed by atoms with van der Waals surface area (Å²) in [6.07, 6.45) is 8.65. The second kappa shape index (κ2) is 8.60. The van der Waals surface area contributed by atoms with Crippen molar-refractivity contribution in [1.82, 2.24) is 5.48 Å². The van der Waals surface area contributed by atoms with Crippen LogP contribution in [0.15, 0.2) is 48.2 Å². The third-order valence-electron chi connectivity index (χ3n) is 2.66. The van der Waals surface area contributed by atoms with Gasteiger partial charge in [-0.25, -0.2) is 5.48 Å². The largest absolute Gasteiger partial charge is 0.497 e. The van der Waals surface area contributed by atoms with E-state index in [1.54, 1.807) is 24.7 Å². The van der Waals surface area contributed by atoms with E-state index in [0.29, 0.717) is 5.75 Å². The van der Waals surface area contributed by atoms with Crippen molar-refractivity contribution in [3.8, 4) is 5.75 Å². The van der Waals surface area contributed by atoms with Crippen molar-refractivity contribution in [2.75, 3.05) is 12.4 Å². The normalized spacial score (nSPS) is 11.9. The molecule has 0 unspecified atom stereocenters. The molecular formula is C16H20N2O3. The standard InChI is InChI=1S/C16H20N2O3/c1-4-5-6-12(2)17-15-11-14(21-3)9-7-13(15)8-10-16(19)18-20/h4-11,17,20H,1-3H3,(H,18,19)/b5-4-,10-8+,12-6+. The van der Waals surface area contributed by atoms with Crippen LogP contribution in [0, 0.1) is 0 Å². The highest BCUT2D eigenvalue weighted by molar-refractivity contribution is 5.92. The van der Waals surface area contributed by atoms with Gasteiger partial charge in [-0.3, -0.25) is 10.0 Å². The summed E-state index contributed by atoms with van der Waals surface area (Å²) < 4.78 is 5.20. The lowest BCUT2D eigenvalue weighted by Crippen LogP contribution is -2.14. The Hall–Kier alpha value is -2.53. The van der Waals surface area contributed by atoms with E-state index in [1.165, 1.54) is 6.08 Å². The van der Waals surface area contributed by atoms with Crippen LogP contribution >= 0.6 is 0 Å². The van der Waals surface area contributed by atoms with Crippen molar-refractivity contribution in [2.24, 2.45) is 0 Å². The van der Waals surface area contributed by atoms with Gasteiger partial charge in [0.2, 0.25) is 0 Å². The Bertz CT molecular complexity index is 575. The molecule has 1 aromatic carbocycles. The molecule has 0 fully saturated rings. The summed E-state index contributed by atoms with van der Waals surface area (Å²) >= 11 is 0. The lowest BCUT2D eigenvalue weighted by atomic mass is 10.1. The molecule has 0 aliphatic carbocycles. The minimum atomic E-state index is -0.585. The molecule has 0 aliphatic rings. The SMILES string of the molecule is C/C=C\C=C(/C)Nc1cc(OC)ccc1/C=C/C(=O)NO. The summed E-state index contributed by atoms with van der Waals surface area (Å²) in [5, 5.41) is 11.7. The Balaban J connectivity index is 3.07. The number of carbonyl (C=O) groups excluding carboxylic acids is 1. The van der Waals surface area contributed by atoms with Crippen LogP contribution in [0.25, 0.3) is 6.08 Å². The highest BCUT2D eigenvalue weighted by Gasteiger charge is 2.03. The monoisotopic (exact) mass is 288 g/mol. The smallest absolute Gasteiger partial charge is 0.267 e. The van der Waals surface area contributed by atoms with Gasteiger partial charge in [0.05, 0.1) is 7.11 Å². The fourth-order valence-corrected chi connectivity index (χ4v) is 1.61. The molecule has 0 bridgehead atoms. The highest BCUT2D eigenvalue weighted by atomic mass is 16.5. The predicted molar refractivity (Wildman–Crippen MR) is 84.2 cm³/mol. The van der Waals surface area contributed by atoms with E-state index in [1.807, 2.05) is 44.2 Å². The third kappa shape index (κ3) is 5.54. The molecule has 0 heterocycles. The second-order valence-electron chi connectivity index (χ2n) is 4.26. The molecule has 1 aromatic rings. The lowest BCUT2D eigenvalue weighted by Gasteiger charge is -2.11. The number of methoxy groups -OCH3 is 1. The molecule has 1 rings (SSSR count). The molecule has 0 aliphatic heterocycles. The predicted octanol–water partition coefficient (Wildman–Crippen LogP) is 3.11. The molecule has 0 aromatic heterocycles. The van der Waals surface area contributed by atoms with Gasteiger partial charge < -0.3 is 10.1 Å². The highest BCUT2D eigenvalue weighted by Crippen LogP contribution is 2.25. The number of hydrogen-bond acceptors (Lipinski definition) is 4. The van der Waals surface area contributed by atoms with Crippen molar-refractivity contribution in [2.45, 2.75) is 13.8 Å². The molecule has 5 nitrogen and oxygen atoms in total. The number of hydrogen-bond donors (Lipinski definition) is 3. The average molecular weight is 288 g/mol. The minimum absolute atomic E-state index is 0.585. The number of carbonyl (C=O) groups is 1. The van der Waals surface area contributed by atoms with Gasteiger partial charge in [-0.2, -0.15) is 0 Å². The topological polar surface area (TPSA) is 70.6 Å². The maximum absolute atomic E-state index is 11.1. The summed E-state index contributed by atoms with van der Waals surface area (Å²) in [5.74, 6) is 0.123. The van der Waals surface area contributed by atoms with Crippen molar-refractivity contribution in [1.29, 1.82) is 0 Å². The van der Waals surface area contributed by atoms with Gasteiger partial charge in [-0.15, -0.1) is 0 Å². The molecule has 21 heavy (non-hydrogen) atoms. The fourth-order valence-electron chi connectivity index (χ4n) is 1.61. The summed E-state index contributed by atoms with van der Waals surface area (Å²) in [6, 6.07) is 5.46. The number of nitrogens with one attached hydrogen (secondary N) is 2. The molecule has 0 saturated carbocycles. The number of rotatable bonds is 6. The van der Waals surface area contributed by atoms with Gasteiger partial charge >= 0.3 is 0 Å². The Morgan fingerprint density at radius 1 is 1.38 bits per heavy atom. The first kappa shape index (κ1) is 16.5. The van der Waals surface area contributed by atoms with E-state index in [0.717, 1.165) is 16.9 Å². The third-order valence-corrected chi connectivity index (χ3v) is 2.66. The summed E-state index contributed by atoms with van der Waals surface area (Å²) in [4.78, 5) is 11.1. The minimum Gasteiger partial charge on any atom is -0.497 e. The molecule has 0 spiro atoms. The van der Waals surface area contributed by atoms with Crippen LogP contribution in [0.5, 0.6) is 5.75 Å². The van der Waals surface area contributed by atoms with Crippen LogP contribution < -0.4 is 15.5 Å². The van der Waals surface area contributed by atoms with Crippen molar-refractivity contribution >= 4 is 17.7 Å². The zero-order chi connectivity index (χ0) is 15.7. The van der Waals surface area contributed by atoms with Crippen molar-refractivity contribution < 1.29 is 14.7 Å². The van der Waals surface area contributed by atoms with Gasteiger partial charge in [0.1, 0.15) is 5.75 Å². The molecule has 5 heteroatoms. The summed E-state index contributed by atoms with van der Waals surface area (Å²) in [5.41, 5.74) is 4.10. The summed E-state index contributed by atoms with van der Waals surface area (Å²) in [7, 11) is 1.59. The zero-order valence-corrected chi connectivity index (χ0v) is 12.4. The fraction of sp³-hybridized carbons (Fsp3) is 0.188. The van der Waals surface area contributed by atoms with Crippen LogP contribution in [0.3, 0.4) is 0 Å². The van der Waals surface area contributed by atoms with E-state index in [2.05, 4.69) is 5.32 Å². The molecule has 3 N–H and O–H groups in total. The van der Waals surface area contributed by atoms with Crippen molar-refractivity contribution in [3.63, 3.8) is 0 Å². The van der Waals surface area contributed by atoms with E-state index in [4.69, 9.17) is 9.94 Å². The van der Waals surface area contributed by atoms with Gasteiger partial charge in [0, 0.05) is 23.5 Å². The first-order chi connectivity index (χ1) is 10.1.